The monoisotopic (exact) mass is 242 g/mol. The summed E-state index contributed by atoms with van der Waals surface area (Å²) in [5.74, 6) is -0.00736. The fourth-order valence-corrected chi connectivity index (χ4v) is 1.24. The van der Waals surface area contributed by atoms with Gasteiger partial charge in [-0.2, -0.15) is 0 Å². The lowest BCUT2D eigenvalue weighted by Gasteiger charge is -2.16. The Labute approximate surface area is 99.4 Å². The molecule has 0 saturated carbocycles. The molecule has 0 spiro atoms. The van der Waals surface area contributed by atoms with Crippen LogP contribution in [0, 0.1) is 5.92 Å². The van der Waals surface area contributed by atoms with Gasteiger partial charge in [0.15, 0.2) is 0 Å². The molecular weight excluding hydrogens is 228 g/mol. The van der Waals surface area contributed by atoms with Crippen LogP contribution in [-0.4, -0.2) is 21.9 Å². The molecule has 2 unspecified atom stereocenters. The maximum absolute atomic E-state index is 11.7. The average Bonchev–Trinajstić information content (AvgIpc) is 2.27. The summed E-state index contributed by atoms with van der Waals surface area (Å²) >= 11 is 5.66. The number of nitrogens with two attached hydrogens (primary N) is 1. The van der Waals surface area contributed by atoms with Crippen molar-refractivity contribution in [2.75, 3.05) is 5.32 Å². The second-order valence-electron chi connectivity index (χ2n) is 3.60. The van der Waals surface area contributed by atoms with Crippen LogP contribution in [0.25, 0.3) is 0 Å². The normalized spacial score (nSPS) is 14.2. The molecule has 1 heterocycles. The topological polar surface area (TPSA) is 80.9 Å². The zero-order valence-electron chi connectivity index (χ0n) is 9.27. The van der Waals surface area contributed by atoms with Crippen molar-refractivity contribution in [1.82, 2.24) is 9.97 Å². The molecule has 0 fully saturated rings. The van der Waals surface area contributed by atoms with Crippen LogP contribution in [0.3, 0.4) is 0 Å². The lowest BCUT2D eigenvalue weighted by molar-refractivity contribution is -0.118. The molecule has 0 aliphatic rings. The SMILES string of the molecule is CCC(C)C(N)C(=O)Nc1nccc(Cl)n1. The Morgan fingerprint density at radius 3 is 2.94 bits per heavy atom. The summed E-state index contributed by atoms with van der Waals surface area (Å²) in [5, 5.41) is 2.81. The van der Waals surface area contributed by atoms with E-state index in [1.807, 2.05) is 13.8 Å². The third-order valence-electron chi connectivity index (χ3n) is 2.42. The number of aromatic nitrogens is 2. The van der Waals surface area contributed by atoms with Gasteiger partial charge in [-0.1, -0.05) is 31.9 Å². The maximum atomic E-state index is 11.7. The molecule has 6 heteroatoms. The van der Waals surface area contributed by atoms with Crippen molar-refractivity contribution < 1.29 is 4.79 Å². The number of carbonyl (C=O) groups is 1. The number of hydrogen-bond donors (Lipinski definition) is 2. The highest BCUT2D eigenvalue weighted by atomic mass is 35.5. The van der Waals surface area contributed by atoms with Gasteiger partial charge in [0, 0.05) is 6.20 Å². The highest BCUT2D eigenvalue weighted by Gasteiger charge is 2.20. The molecule has 1 aromatic rings. The fraction of sp³-hybridized carbons (Fsp3) is 0.500. The molecule has 1 amide bonds. The van der Waals surface area contributed by atoms with Crippen LogP contribution < -0.4 is 11.1 Å². The van der Waals surface area contributed by atoms with Crippen molar-refractivity contribution in [1.29, 1.82) is 0 Å². The summed E-state index contributed by atoms with van der Waals surface area (Å²) in [7, 11) is 0. The highest BCUT2D eigenvalue weighted by molar-refractivity contribution is 6.29. The first-order valence-corrected chi connectivity index (χ1v) is 5.47. The van der Waals surface area contributed by atoms with Crippen molar-refractivity contribution in [2.24, 2.45) is 11.7 Å². The van der Waals surface area contributed by atoms with E-state index >= 15 is 0 Å². The Morgan fingerprint density at radius 1 is 1.69 bits per heavy atom. The van der Waals surface area contributed by atoms with Gasteiger partial charge in [-0.05, 0) is 12.0 Å². The quantitative estimate of drug-likeness (QED) is 0.783. The van der Waals surface area contributed by atoms with E-state index in [4.69, 9.17) is 17.3 Å². The van der Waals surface area contributed by atoms with Gasteiger partial charge in [0.2, 0.25) is 11.9 Å². The summed E-state index contributed by atoms with van der Waals surface area (Å²) in [6.07, 6.45) is 2.31. The Morgan fingerprint density at radius 2 is 2.38 bits per heavy atom. The molecule has 5 nitrogen and oxygen atoms in total. The summed E-state index contributed by atoms with van der Waals surface area (Å²) in [6, 6.07) is 0.971. The van der Waals surface area contributed by atoms with Gasteiger partial charge in [-0.25, -0.2) is 9.97 Å². The van der Waals surface area contributed by atoms with Crippen molar-refractivity contribution in [3.63, 3.8) is 0 Å². The zero-order valence-corrected chi connectivity index (χ0v) is 10.0. The Hall–Kier alpha value is -1.20. The molecule has 0 aliphatic heterocycles. The highest BCUT2D eigenvalue weighted by Crippen LogP contribution is 2.09. The molecule has 2 atom stereocenters. The predicted molar refractivity (Wildman–Crippen MR) is 63.1 cm³/mol. The van der Waals surface area contributed by atoms with Crippen molar-refractivity contribution in [3.8, 4) is 0 Å². The van der Waals surface area contributed by atoms with Crippen LogP contribution in [0.15, 0.2) is 12.3 Å². The lowest BCUT2D eigenvalue weighted by Crippen LogP contribution is -2.41. The van der Waals surface area contributed by atoms with Crippen molar-refractivity contribution in [2.45, 2.75) is 26.3 Å². The fourth-order valence-electron chi connectivity index (χ4n) is 1.10. The maximum Gasteiger partial charge on any atom is 0.243 e. The van der Waals surface area contributed by atoms with Crippen LogP contribution >= 0.6 is 11.6 Å². The zero-order chi connectivity index (χ0) is 12.1. The number of rotatable bonds is 4. The molecule has 1 aromatic heterocycles. The molecule has 0 aromatic carbocycles. The predicted octanol–water partition coefficient (Wildman–Crippen LogP) is 1.44. The van der Waals surface area contributed by atoms with Crippen LogP contribution in [-0.2, 0) is 4.79 Å². The minimum Gasteiger partial charge on any atom is -0.320 e. The number of anilines is 1. The average molecular weight is 243 g/mol. The second kappa shape index (κ2) is 5.77. The third-order valence-corrected chi connectivity index (χ3v) is 2.63. The number of hydrogen-bond acceptors (Lipinski definition) is 4. The Bertz CT molecular complexity index is 372. The number of halogens is 1. The molecule has 0 saturated heterocycles. The smallest absolute Gasteiger partial charge is 0.243 e. The number of carbonyl (C=O) groups excluding carboxylic acids is 1. The largest absolute Gasteiger partial charge is 0.320 e. The molecule has 0 radical (unpaired) electrons. The van der Waals surface area contributed by atoms with Crippen LogP contribution in [0.4, 0.5) is 5.95 Å². The molecule has 0 aliphatic carbocycles. The molecule has 16 heavy (non-hydrogen) atoms. The number of nitrogens with zero attached hydrogens (tertiary/aromatic N) is 2. The summed E-state index contributed by atoms with van der Waals surface area (Å²) in [5.41, 5.74) is 5.76. The van der Waals surface area contributed by atoms with Crippen LogP contribution in [0.2, 0.25) is 5.15 Å². The summed E-state index contributed by atoms with van der Waals surface area (Å²) < 4.78 is 0. The van der Waals surface area contributed by atoms with E-state index in [1.165, 1.54) is 12.3 Å². The van der Waals surface area contributed by atoms with Crippen molar-refractivity contribution in [3.05, 3.63) is 17.4 Å². The third kappa shape index (κ3) is 3.43. The van der Waals surface area contributed by atoms with E-state index in [2.05, 4.69) is 15.3 Å². The summed E-state index contributed by atoms with van der Waals surface area (Å²) in [6.45, 7) is 3.90. The molecular formula is C10H15ClN4O. The molecule has 1 rings (SSSR count). The van der Waals surface area contributed by atoms with Gasteiger partial charge >= 0.3 is 0 Å². The van der Waals surface area contributed by atoms with E-state index < -0.39 is 6.04 Å². The lowest BCUT2D eigenvalue weighted by atomic mass is 10.00. The van der Waals surface area contributed by atoms with Crippen LogP contribution in [0.1, 0.15) is 20.3 Å². The number of amides is 1. The second-order valence-corrected chi connectivity index (χ2v) is 3.99. The number of nitrogens with one attached hydrogen (secondary N) is 1. The molecule has 0 bridgehead atoms. The van der Waals surface area contributed by atoms with Gasteiger partial charge in [0.05, 0.1) is 6.04 Å². The van der Waals surface area contributed by atoms with Gasteiger partial charge in [0.1, 0.15) is 5.15 Å². The Kier molecular flexibility index (Phi) is 4.64. The standard InChI is InChI=1S/C10H15ClN4O/c1-3-6(2)8(12)9(16)15-10-13-5-4-7(11)14-10/h4-6,8H,3,12H2,1-2H3,(H,13,14,15,16). The van der Waals surface area contributed by atoms with E-state index in [-0.39, 0.29) is 22.9 Å². The molecule has 3 N–H and O–H groups in total. The van der Waals surface area contributed by atoms with E-state index in [9.17, 15) is 4.79 Å². The van der Waals surface area contributed by atoms with E-state index in [0.717, 1.165) is 6.42 Å². The van der Waals surface area contributed by atoms with Gasteiger partial charge in [-0.3, -0.25) is 10.1 Å². The summed E-state index contributed by atoms with van der Waals surface area (Å²) in [4.78, 5) is 19.4. The van der Waals surface area contributed by atoms with E-state index in [1.54, 1.807) is 0 Å². The van der Waals surface area contributed by atoms with Crippen molar-refractivity contribution >= 4 is 23.5 Å². The van der Waals surface area contributed by atoms with Gasteiger partial charge < -0.3 is 5.73 Å². The first-order chi connectivity index (χ1) is 7.54. The van der Waals surface area contributed by atoms with E-state index in [0.29, 0.717) is 0 Å². The first kappa shape index (κ1) is 12.9. The van der Waals surface area contributed by atoms with Crippen LogP contribution in [0.5, 0.6) is 0 Å². The minimum atomic E-state index is -0.562. The van der Waals surface area contributed by atoms with Gasteiger partial charge in [-0.15, -0.1) is 0 Å². The molecule has 88 valence electrons. The minimum absolute atomic E-state index is 0.110. The first-order valence-electron chi connectivity index (χ1n) is 5.09. The van der Waals surface area contributed by atoms with Gasteiger partial charge in [0.25, 0.3) is 0 Å². The Balaban J connectivity index is 2.64.